The zero-order valence-corrected chi connectivity index (χ0v) is 7.97. The molecule has 0 atom stereocenters. The molecule has 0 saturated heterocycles. The maximum atomic E-state index is 12.8. The molecule has 0 radical (unpaired) electrons. The first-order valence-corrected chi connectivity index (χ1v) is 3.97. The van der Waals surface area contributed by atoms with E-state index in [1.807, 2.05) is 0 Å². The molecule has 0 aromatic heterocycles. The van der Waals surface area contributed by atoms with E-state index in [4.69, 9.17) is 0 Å². The van der Waals surface area contributed by atoms with Crippen molar-refractivity contribution in [3.8, 4) is 5.75 Å². The first-order chi connectivity index (χ1) is 7.20. The van der Waals surface area contributed by atoms with Gasteiger partial charge in [0.1, 0.15) is 0 Å². The topological polar surface area (TPSA) is 52.4 Å². The predicted octanol–water partition coefficient (Wildman–Crippen LogP) is 3.04. The van der Waals surface area contributed by atoms with Crippen LogP contribution in [0.15, 0.2) is 12.1 Å². The van der Waals surface area contributed by atoms with Crippen molar-refractivity contribution in [1.29, 1.82) is 0 Å². The molecule has 0 saturated carbocycles. The second-order valence-electron chi connectivity index (χ2n) is 2.54. The van der Waals surface area contributed by atoms with Crippen LogP contribution in [-0.2, 0) is 0 Å². The molecular formula is C7H2ClF4NO3. The van der Waals surface area contributed by atoms with Gasteiger partial charge in [0, 0.05) is 17.7 Å². The summed E-state index contributed by atoms with van der Waals surface area (Å²) in [6, 6.07) is 0.233. The third-order valence-corrected chi connectivity index (χ3v) is 1.50. The average Bonchev–Trinajstić information content (AvgIpc) is 2.07. The standard InChI is InChI=1S/C7H2ClF4NO3/c8-7(11,12)16-6-2-5(13(14)15)3(9)1-4(6)10/h1-2H. The molecule has 0 spiro atoms. The second kappa shape index (κ2) is 4.12. The van der Waals surface area contributed by atoms with Gasteiger partial charge in [0.25, 0.3) is 0 Å². The van der Waals surface area contributed by atoms with E-state index in [0.29, 0.717) is 0 Å². The highest BCUT2D eigenvalue weighted by Crippen LogP contribution is 2.31. The van der Waals surface area contributed by atoms with Crippen molar-refractivity contribution in [2.45, 2.75) is 5.57 Å². The molecule has 1 aromatic rings. The third-order valence-electron chi connectivity index (χ3n) is 1.42. The number of nitro groups is 1. The number of ether oxygens (including phenoxy) is 1. The van der Waals surface area contributed by atoms with Crippen LogP contribution in [0, 0.1) is 21.7 Å². The number of rotatable bonds is 3. The molecule has 0 amide bonds. The summed E-state index contributed by atoms with van der Waals surface area (Å²) in [6.45, 7) is 0. The number of alkyl halides is 3. The number of benzene rings is 1. The van der Waals surface area contributed by atoms with E-state index in [0.717, 1.165) is 0 Å². The average molecular weight is 260 g/mol. The van der Waals surface area contributed by atoms with Gasteiger partial charge in [-0.15, -0.1) is 8.78 Å². The maximum absolute atomic E-state index is 12.8. The Hall–Kier alpha value is -1.57. The second-order valence-corrected chi connectivity index (χ2v) is 2.98. The fourth-order valence-corrected chi connectivity index (χ4v) is 0.944. The van der Waals surface area contributed by atoms with Crippen LogP contribution >= 0.6 is 11.6 Å². The number of nitrogens with zero attached hydrogens (tertiary/aromatic N) is 1. The zero-order chi connectivity index (χ0) is 12.5. The van der Waals surface area contributed by atoms with Gasteiger partial charge in [0.2, 0.25) is 5.82 Å². The molecule has 0 aliphatic rings. The normalized spacial score (nSPS) is 11.3. The van der Waals surface area contributed by atoms with Gasteiger partial charge in [-0.25, -0.2) is 4.39 Å². The summed E-state index contributed by atoms with van der Waals surface area (Å²) in [5, 5.41) is 10.2. The Balaban J connectivity index is 3.20. The van der Waals surface area contributed by atoms with E-state index in [1.165, 1.54) is 0 Å². The Bertz CT molecular complexity index is 434. The van der Waals surface area contributed by atoms with E-state index >= 15 is 0 Å². The van der Waals surface area contributed by atoms with Gasteiger partial charge in [0.05, 0.1) is 11.0 Å². The summed E-state index contributed by atoms with van der Waals surface area (Å²) in [4.78, 5) is 9.00. The van der Waals surface area contributed by atoms with Crippen LogP contribution in [0.25, 0.3) is 0 Å². The van der Waals surface area contributed by atoms with Crippen molar-refractivity contribution in [2.75, 3.05) is 0 Å². The van der Waals surface area contributed by atoms with Gasteiger partial charge in [0.15, 0.2) is 11.6 Å². The summed E-state index contributed by atoms with van der Waals surface area (Å²) in [5.41, 5.74) is -5.44. The highest BCUT2D eigenvalue weighted by molar-refractivity contribution is 6.20. The molecule has 0 N–H and O–H groups in total. The number of nitro benzene ring substituents is 1. The summed E-state index contributed by atoms with van der Waals surface area (Å²) >= 11 is 4.33. The molecule has 9 heteroatoms. The minimum absolute atomic E-state index is 0.0517. The smallest absolute Gasteiger partial charge is 0.417 e. The first kappa shape index (κ1) is 12.5. The van der Waals surface area contributed by atoms with Crippen LogP contribution in [0.2, 0.25) is 0 Å². The predicted molar refractivity (Wildman–Crippen MR) is 44.4 cm³/mol. The van der Waals surface area contributed by atoms with Crippen LogP contribution in [0.1, 0.15) is 0 Å². The Morgan fingerprint density at radius 3 is 2.31 bits per heavy atom. The SMILES string of the molecule is O=[N+]([O-])c1cc(OC(F)(F)Cl)c(F)cc1F. The molecular weight excluding hydrogens is 258 g/mol. The highest BCUT2D eigenvalue weighted by Gasteiger charge is 2.31. The van der Waals surface area contributed by atoms with Gasteiger partial charge in [-0.3, -0.25) is 10.1 Å². The van der Waals surface area contributed by atoms with Gasteiger partial charge < -0.3 is 4.74 Å². The zero-order valence-electron chi connectivity index (χ0n) is 7.22. The van der Waals surface area contributed by atoms with E-state index in [2.05, 4.69) is 16.3 Å². The lowest BCUT2D eigenvalue weighted by molar-refractivity contribution is -0.387. The van der Waals surface area contributed by atoms with Crippen LogP contribution in [-0.4, -0.2) is 10.5 Å². The number of hydrogen-bond acceptors (Lipinski definition) is 3. The molecule has 16 heavy (non-hydrogen) atoms. The Kier molecular flexibility index (Phi) is 3.22. The van der Waals surface area contributed by atoms with Crippen molar-refractivity contribution in [1.82, 2.24) is 0 Å². The summed E-state index contributed by atoms with van der Waals surface area (Å²) in [7, 11) is 0. The minimum atomic E-state index is -4.24. The van der Waals surface area contributed by atoms with Gasteiger partial charge in [-0.05, 0) is 0 Å². The lowest BCUT2D eigenvalue weighted by Crippen LogP contribution is -2.16. The first-order valence-electron chi connectivity index (χ1n) is 3.60. The largest absolute Gasteiger partial charge is 0.487 e. The highest BCUT2D eigenvalue weighted by atomic mass is 35.5. The quantitative estimate of drug-likeness (QED) is 0.363. The molecule has 0 aliphatic carbocycles. The molecule has 0 heterocycles. The van der Waals surface area contributed by atoms with Crippen LogP contribution in [0.5, 0.6) is 5.75 Å². The van der Waals surface area contributed by atoms with Crippen molar-refractivity contribution in [3.05, 3.63) is 33.9 Å². The lowest BCUT2D eigenvalue weighted by atomic mass is 10.3. The minimum Gasteiger partial charge on any atom is -0.417 e. The Morgan fingerprint density at radius 2 is 1.88 bits per heavy atom. The summed E-state index contributed by atoms with van der Waals surface area (Å²) < 4.78 is 53.4. The molecule has 0 aliphatic heterocycles. The van der Waals surface area contributed by atoms with E-state index in [1.54, 1.807) is 0 Å². The summed E-state index contributed by atoms with van der Waals surface area (Å²) in [6.07, 6.45) is 0. The van der Waals surface area contributed by atoms with Gasteiger partial charge in [-0.2, -0.15) is 4.39 Å². The molecule has 4 nitrogen and oxygen atoms in total. The Labute approximate surface area is 90.5 Å². The van der Waals surface area contributed by atoms with E-state index < -0.39 is 33.6 Å². The molecule has 0 bridgehead atoms. The fourth-order valence-electron chi connectivity index (χ4n) is 0.861. The number of hydrogen-bond donors (Lipinski definition) is 0. The van der Waals surface area contributed by atoms with Gasteiger partial charge in [-0.1, -0.05) is 0 Å². The third kappa shape index (κ3) is 2.96. The van der Waals surface area contributed by atoms with Crippen molar-refractivity contribution in [2.24, 2.45) is 0 Å². The monoisotopic (exact) mass is 259 g/mol. The fraction of sp³-hybridized carbons (Fsp3) is 0.143. The molecule has 1 rings (SSSR count). The number of halogens is 5. The van der Waals surface area contributed by atoms with Gasteiger partial charge >= 0.3 is 11.3 Å². The van der Waals surface area contributed by atoms with E-state index in [-0.39, 0.29) is 12.1 Å². The summed E-state index contributed by atoms with van der Waals surface area (Å²) in [5.74, 6) is -4.25. The van der Waals surface area contributed by atoms with E-state index in [9.17, 15) is 27.7 Å². The molecule has 88 valence electrons. The molecule has 1 aromatic carbocycles. The van der Waals surface area contributed by atoms with Crippen LogP contribution < -0.4 is 4.74 Å². The van der Waals surface area contributed by atoms with Crippen molar-refractivity contribution in [3.63, 3.8) is 0 Å². The molecule has 0 fully saturated rings. The van der Waals surface area contributed by atoms with Crippen molar-refractivity contribution < 1.29 is 27.2 Å². The maximum Gasteiger partial charge on any atom is 0.487 e. The molecule has 0 unspecified atom stereocenters. The Morgan fingerprint density at radius 1 is 1.31 bits per heavy atom. The van der Waals surface area contributed by atoms with Crippen LogP contribution in [0.4, 0.5) is 23.2 Å². The van der Waals surface area contributed by atoms with Crippen LogP contribution in [0.3, 0.4) is 0 Å². The van der Waals surface area contributed by atoms with Crippen molar-refractivity contribution >= 4 is 17.3 Å². The lowest BCUT2D eigenvalue weighted by Gasteiger charge is -2.10.